The number of carbonyl (C=O) groups excluding carboxylic acids is 1. The number of hydrogen-bond donors (Lipinski definition) is 1. The van der Waals surface area contributed by atoms with Gasteiger partial charge in [-0.1, -0.05) is 11.6 Å². The third kappa shape index (κ3) is 4.90. The Hall–Kier alpha value is -1.70. The van der Waals surface area contributed by atoms with Gasteiger partial charge in [0.1, 0.15) is 11.3 Å². The van der Waals surface area contributed by atoms with Gasteiger partial charge in [-0.05, 0) is 39.7 Å². The fourth-order valence-electron chi connectivity index (χ4n) is 2.66. The number of amides is 1. The molecule has 1 aliphatic rings. The van der Waals surface area contributed by atoms with Crippen molar-refractivity contribution in [2.24, 2.45) is 0 Å². The predicted octanol–water partition coefficient (Wildman–Crippen LogP) is 4.45. The molecule has 1 fully saturated rings. The maximum atomic E-state index is 12.9. The molecule has 2 heterocycles. The van der Waals surface area contributed by atoms with E-state index in [9.17, 15) is 18.0 Å². The summed E-state index contributed by atoms with van der Waals surface area (Å²) in [6, 6.07) is 0.732. The van der Waals surface area contributed by atoms with Crippen LogP contribution < -0.4 is 5.73 Å². The number of nitrogens with zero attached hydrogens (tertiary/aromatic N) is 2. The van der Waals surface area contributed by atoms with Crippen molar-refractivity contribution in [2.45, 2.75) is 51.3 Å². The van der Waals surface area contributed by atoms with Crippen molar-refractivity contribution in [1.29, 1.82) is 0 Å². The number of rotatable bonds is 1. The van der Waals surface area contributed by atoms with Crippen LogP contribution in [0.4, 0.5) is 23.7 Å². The molecule has 5 nitrogen and oxygen atoms in total. The second-order valence-electron chi connectivity index (χ2n) is 7.03. The van der Waals surface area contributed by atoms with E-state index in [2.05, 4.69) is 4.98 Å². The molecule has 140 valence electrons. The van der Waals surface area contributed by atoms with Crippen LogP contribution in [0.15, 0.2) is 6.07 Å². The van der Waals surface area contributed by atoms with E-state index >= 15 is 0 Å². The zero-order valence-corrected chi connectivity index (χ0v) is 15.0. The summed E-state index contributed by atoms with van der Waals surface area (Å²) in [4.78, 5) is 17.3. The van der Waals surface area contributed by atoms with Crippen molar-refractivity contribution in [3.8, 4) is 0 Å². The number of nitrogen functional groups attached to an aromatic ring is 1. The monoisotopic (exact) mass is 379 g/mol. The number of alkyl halides is 3. The number of carbonyl (C=O) groups is 1. The van der Waals surface area contributed by atoms with E-state index in [-0.39, 0.29) is 22.3 Å². The van der Waals surface area contributed by atoms with Crippen LogP contribution >= 0.6 is 11.6 Å². The van der Waals surface area contributed by atoms with E-state index in [1.807, 2.05) is 0 Å². The number of hydrogen-bond acceptors (Lipinski definition) is 4. The predicted molar refractivity (Wildman–Crippen MR) is 88.4 cm³/mol. The summed E-state index contributed by atoms with van der Waals surface area (Å²) in [6.45, 7) is 6.02. The molecule has 0 radical (unpaired) electrons. The van der Waals surface area contributed by atoms with Crippen LogP contribution in [-0.2, 0) is 10.9 Å². The molecule has 2 N–H and O–H groups in total. The molecule has 0 atom stereocenters. The Morgan fingerprint density at radius 1 is 1.32 bits per heavy atom. The quantitative estimate of drug-likeness (QED) is 0.782. The summed E-state index contributed by atoms with van der Waals surface area (Å²) in [7, 11) is 0. The van der Waals surface area contributed by atoms with Crippen LogP contribution in [0.25, 0.3) is 0 Å². The Kier molecular flexibility index (Phi) is 5.41. The van der Waals surface area contributed by atoms with Gasteiger partial charge in [0.2, 0.25) is 0 Å². The third-order valence-electron chi connectivity index (χ3n) is 3.86. The minimum Gasteiger partial charge on any atom is -0.444 e. The standard InChI is InChI=1S/C16H21ClF3N3O2/c1-15(2,3)25-14(24)23-6-4-9(5-7-23)13-12(21)10(17)8-11(22-13)16(18,19)20/h8-9H,4-7,21H2,1-3H3. The average molecular weight is 380 g/mol. The first kappa shape index (κ1) is 19.6. The van der Waals surface area contributed by atoms with Gasteiger partial charge in [-0.15, -0.1) is 0 Å². The summed E-state index contributed by atoms with van der Waals surface area (Å²) in [5.41, 5.74) is 4.38. The Morgan fingerprint density at radius 2 is 1.88 bits per heavy atom. The SMILES string of the molecule is CC(C)(C)OC(=O)N1CCC(c2nc(C(F)(F)F)cc(Cl)c2N)CC1. The van der Waals surface area contributed by atoms with Crippen LogP contribution in [0.3, 0.4) is 0 Å². The largest absolute Gasteiger partial charge is 0.444 e. The number of halogens is 4. The van der Waals surface area contributed by atoms with E-state index in [4.69, 9.17) is 22.1 Å². The van der Waals surface area contributed by atoms with Gasteiger partial charge in [-0.25, -0.2) is 9.78 Å². The molecule has 0 spiro atoms. The Labute approximate surface area is 149 Å². The number of nitrogens with two attached hydrogens (primary N) is 1. The van der Waals surface area contributed by atoms with E-state index in [0.29, 0.717) is 25.9 Å². The molecule has 1 amide bonds. The van der Waals surface area contributed by atoms with Crippen molar-refractivity contribution in [3.05, 3.63) is 22.5 Å². The lowest BCUT2D eigenvalue weighted by Crippen LogP contribution is -2.41. The number of piperidine rings is 1. The normalized spacial score (nSPS) is 16.8. The van der Waals surface area contributed by atoms with E-state index in [1.54, 1.807) is 20.8 Å². The van der Waals surface area contributed by atoms with Gasteiger partial charge in [-0.2, -0.15) is 13.2 Å². The first-order valence-corrected chi connectivity index (χ1v) is 8.27. The van der Waals surface area contributed by atoms with Crippen molar-refractivity contribution >= 4 is 23.4 Å². The van der Waals surface area contributed by atoms with Crippen molar-refractivity contribution in [2.75, 3.05) is 18.8 Å². The summed E-state index contributed by atoms with van der Waals surface area (Å²) in [5, 5.41) is -0.160. The van der Waals surface area contributed by atoms with Crippen molar-refractivity contribution < 1.29 is 22.7 Å². The number of anilines is 1. The molecule has 0 saturated carbocycles. The summed E-state index contributed by atoms with van der Waals surface area (Å²) in [6.07, 6.45) is -4.15. The molecule has 0 aromatic carbocycles. The fraction of sp³-hybridized carbons (Fsp3) is 0.625. The molecular weight excluding hydrogens is 359 g/mol. The van der Waals surface area contributed by atoms with Gasteiger partial charge >= 0.3 is 12.3 Å². The highest BCUT2D eigenvalue weighted by atomic mass is 35.5. The second-order valence-corrected chi connectivity index (χ2v) is 7.43. The summed E-state index contributed by atoms with van der Waals surface area (Å²) in [5.74, 6) is -0.293. The Balaban J connectivity index is 2.13. The third-order valence-corrected chi connectivity index (χ3v) is 4.17. The smallest absolute Gasteiger partial charge is 0.433 e. The van der Waals surface area contributed by atoms with Crippen LogP contribution in [0.2, 0.25) is 5.02 Å². The minimum atomic E-state index is -4.59. The Morgan fingerprint density at radius 3 is 2.36 bits per heavy atom. The molecular formula is C16H21ClF3N3O2. The van der Waals surface area contributed by atoms with E-state index in [0.717, 1.165) is 6.07 Å². The molecule has 1 aliphatic heterocycles. The molecule has 0 unspecified atom stereocenters. The van der Waals surface area contributed by atoms with Gasteiger partial charge < -0.3 is 15.4 Å². The molecule has 1 saturated heterocycles. The van der Waals surface area contributed by atoms with Crippen LogP contribution in [0.1, 0.15) is 50.9 Å². The lowest BCUT2D eigenvalue weighted by Gasteiger charge is -2.33. The number of ether oxygens (including phenoxy) is 1. The van der Waals surface area contributed by atoms with Gasteiger partial charge in [-0.3, -0.25) is 0 Å². The van der Waals surface area contributed by atoms with Gasteiger partial charge in [0, 0.05) is 19.0 Å². The first-order chi connectivity index (χ1) is 11.4. The average Bonchev–Trinajstić information content (AvgIpc) is 2.47. The Bertz CT molecular complexity index is 651. The molecule has 0 bridgehead atoms. The van der Waals surface area contributed by atoms with Gasteiger partial charge in [0.05, 0.1) is 16.4 Å². The fourth-order valence-corrected chi connectivity index (χ4v) is 2.86. The topological polar surface area (TPSA) is 68.5 Å². The molecule has 1 aromatic heterocycles. The number of likely N-dealkylation sites (tertiary alicyclic amines) is 1. The van der Waals surface area contributed by atoms with E-state index in [1.165, 1.54) is 4.90 Å². The molecule has 0 aliphatic carbocycles. The minimum absolute atomic E-state index is 0.0605. The molecule has 2 rings (SSSR count). The molecule has 9 heteroatoms. The maximum absolute atomic E-state index is 12.9. The number of aromatic nitrogens is 1. The summed E-state index contributed by atoms with van der Waals surface area (Å²) >= 11 is 5.85. The van der Waals surface area contributed by atoms with Crippen LogP contribution in [0, 0.1) is 0 Å². The van der Waals surface area contributed by atoms with Crippen molar-refractivity contribution in [1.82, 2.24) is 9.88 Å². The van der Waals surface area contributed by atoms with Crippen LogP contribution in [0.5, 0.6) is 0 Å². The van der Waals surface area contributed by atoms with E-state index < -0.39 is 23.6 Å². The van der Waals surface area contributed by atoms with Crippen LogP contribution in [-0.4, -0.2) is 34.7 Å². The zero-order chi connectivity index (χ0) is 19.0. The van der Waals surface area contributed by atoms with Gasteiger partial charge in [0.15, 0.2) is 0 Å². The highest BCUT2D eigenvalue weighted by Gasteiger charge is 2.36. The maximum Gasteiger partial charge on any atom is 0.433 e. The highest BCUT2D eigenvalue weighted by molar-refractivity contribution is 6.33. The lowest BCUT2D eigenvalue weighted by atomic mass is 9.92. The highest BCUT2D eigenvalue weighted by Crippen LogP contribution is 2.38. The molecule has 1 aromatic rings. The molecule has 25 heavy (non-hydrogen) atoms. The zero-order valence-electron chi connectivity index (χ0n) is 14.3. The lowest BCUT2D eigenvalue weighted by molar-refractivity contribution is -0.141. The van der Waals surface area contributed by atoms with Crippen molar-refractivity contribution in [3.63, 3.8) is 0 Å². The second kappa shape index (κ2) is 6.90. The van der Waals surface area contributed by atoms with Gasteiger partial charge in [0.25, 0.3) is 0 Å². The summed E-state index contributed by atoms with van der Waals surface area (Å²) < 4.78 is 44.1. The number of pyridine rings is 1. The first-order valence-electron chi connectivity index (χ1n) is 7.89.